The summed E-state index contributed by atoms with van der Waals surface area (Å²) >= 11 is 0. The molecule has 5 heteroatoms. The van der Waals surface area contributed by atoms with E-state index in [-0.39, 0.29) is 0 Å². The zero-order chi connectivity index (χ0) is 18.8. The van der Waals surface area contributed by atoms with Crippen LogP contribution in [0, 0.1) is 6.92 Å². The van der Waals surface area contributed by atoms with E-state index in [1.165, 1.54) is 16.3 Å². The molecule has 27 heavy (non-hydrogen) atoms. The quantitative estimate of drug-likeness (QED) is 0.563. The zero-order valence-corrected chi connectivity index (χ0v) is 16.0. The summed E-state index contributed by atoms with van der Waals surface area (Å²) in [6.07, 6.45) is 0.826. The fourth-order valence-electron chi connectivity index (χ4n) is 3.51. The van der Waals surface area contributed by atoms with Crippen molar-refractivity contribution >= 4 is 27.5 Å². The summed E-state index contributed by atoms with van der Waals surface area (Å²) in [7, 11) is 3.78. The number of rotatable bonds is 6. The molecular formula is C22H24N4O. The lowest BCUT2D eigenvalue weighted by Crippen LogP contribution is -2.23. The number of aryl methyl sites for hydroxylation is 1. The largest absolute Gasteiger partial charge is 0.383 e. The van der Waals surface area contributed by atoms with Crippen LogP contribution in [0.25, 0.3) is 21.7 Å². The summed E-state index contributed by atoms with van der Waals surface area (Å²) in [6, 6.07) is 17.0. The standard InChI is InChI=1S/C22H24N4O/c1-15-12-17-13-16(14-21-19-6-4-5-7-20(19)24-25-21)8-9-18(17)22(23-15)26(2)10-11-27-3/h4-9,12-13H,10-11,14H2,1-3H3,(H,24,25). The number of likely N-dealkylation sites (N-methyl/N-ethyl adjacent to an activating group) is 1. The van der Waals surface area contributed by atoms with Crippen LogP contribution in [0.3, 0.4) is 0 Å². The molecule has 0 aliphatic carbocycles. The third kappa shape index (κ3) is 3.51. The molecule has 138 valence electrons. The molecule has 2 aromatic heterocycles. The Kier molecular flexibility index (Phi) is 4.77. The van der Waals surface area contributed by atoms with Crippen molar-refractivity contribution in [3.8, 4) is 0 Å². The van der Waals surface area contributed by atoms with E-state index in [0.29, 0.717) is 6.61 Å². The summed E-state index contributed by atoms with van der Waals surface area (Å²) in [5, 5.41) is 11.2. The van der Waals surface area contributed by atoms with E-state index >= 15 is 0 Å². The molecule has 2 aromatic carbocycles. The highest BCUT2D eigenvalue weighted by Gasteiger charge is 2.11. The first-order valence-corrected chi connectivity index (χ1v) is 9.18. The van der Waals surface area contributed by atoms with Gasteiger partial charge in [-0.05, 0) is 30.0 Å². The molecule has 4 aromatic rings. The molecule has 0 radical (unpaired) electrons. The first-order chi connectivity index (χ1) is 13.2. The maximum atomic E-state index is 5.21. The number of aromatic amines is 1. The van der Waals surface area contributed by atoms with E-state index in [2.05, 4.69) is 58.5 Å². The summed E-state index contributed by atoms with van der Waals surface area (Å²) in [6.45, 7) is 3.53. The molecule has 0 atom stereocenters. The number of nitrogens with one attached hydrogen (secondary N) is 1. The summed E-state index contributed by atoms with van der Waals surface area (Å²) in [5.41, 5.74) is 4.43. The lowest BCUT2D eigenvalue weighted by molar-refractivity contribution is 0.206. The third-order valence-corrected chi connectivity index (χ3v) is 4.92. The Morgan fingerprint density at radius 2 is 1.93 bits per heavy atom. The highest BCUT2D eigenvalue weighted by Crippen LogP contribution is 2.27. The molecule has 0 spiro atoms. The van der Waals surface area contributed by atoms with Gasteiger partial charge in [-0.1, -0.05) is 36.4 Å². The first kappa shape index (κ1) is 17.5. The van der Waals surface area contributed by atoms with E-state index < -0.39 is 0 Å². The molecule has 0 bridgehead atoms. The zero-order valence-electron chi connectivity index (χ0n) is 16.0. The van der Waals surface area contributed by atoms with Crippen molar-refractivity contribution in [1.82, 2.24) is 15.2 Å². The molecule has 0 unspecified atom stereocenters. The van der Waals surface area contributed by atoms with Gasteiger partial charge in [0.25, 0.3) is 0 Å². The second-order valence-corrected chi connectivity index (χ2v) is 6.95. The van der Waals surface area contributed by atoms with Crippen molar-refractivity contribution in [2.24, 2.45) is 0 Å². The maximum Gasteiger partial charge on any atom is 0.136 e. The number of hydrogen-bond acceptors (Lipinski definition) is 4. The Balaban J connectivity index is 1.70. The van der Waals surface area contributed by atoms with Gasteiger partial charge >= 0.3 is 0 Å². The van der Waals surface area contributed by atoms with Crippen LogP contribution in [0.2, 0.25) is 0 Å². The third-order valence-electron chi connectivity index (χ3n) is 4.92. The molecule has 0 fully saturated rings. The fourth-order valence-corrected chi connectivity index (χ4v) is 3.51. The average molecular weight is 360 g/mol. The number of ether oxygens (including phenoxy) is 1. The molecule has 0 aliphatic rings. The van der Waals surface area contributed by atoms with E-state index in [4.69, 9.17) is 9.72 Å². The number of methoxy groups -OCH3 is 1. The summed E-state index contributed by atoms with van der Waals surface area (Å²) < 4.78 is 5.21. The van der Waals surface area contributed by atoms with Gasteiger partial charge in [0.1, 0.15) is 5.82 Å². The van der Waals surface area contributed by atoms with Crippen molar-refractivity contribution in [3.05, 3.63) is 65.5 Å². The Labute approximate surface area is 159 Å². The molecule has 1 N–H and O–H groups in total. The fraction of sp³-hybridized carbons (Fsp3) is 0.273. The Bertz CT molecular complexity index is 1090. The maximum absolute atomic E-state index is 5.21. The minimum absolute atomic E-state index is 0.679. The highest BCUT2D eigenvalue weighted by atomic mass is 16.5. The van der Waals surface area contributed by atoms with Crippen LogP contribution in [0.5, 0.6) is 0 Å². The Hall–Kier alpha value is -2.92. The summed E-state index contributed by atoms with van der Waals surface area (Å²) in [4.78, 5) is 6.91. The number of hydrogen-bond donors (Lipinski definition) is 1. The monoisotopic (exact) mass is 360 g/mol. The van der Waals surface area contributed by atoms with Crippen molar-refractivity contribution in [2.45, 2.75) is 13.3 Å². The van der Waals surface area contributed by atoms with Gasteiger partial charge in [0, 0.05) is 49.3 Å². The van der Waals surface area contributed by atoms with Crippen LogP contribution in [-0.4, -0.2) is 42.5 Å². The van der Waals surface area contributed by atoms with E-state index in [1.807, 2.05) is 19.1 Å². The predicted molar refractivity (Wildman–Crippen MR) is 111 cm³/mol. The van der Waals surface area contributed by atoms with Gasteiger partial charge in [-0.3, -0.25) is 5.10 Å². The lowest BCUT2D eigenvalue weighted by atomic mass is 10.0. The average Bonchev–Trinajstić information content (AvgIpc) is 3.08. The topological polar surface area (TPSA) is 54.0 Å². The number of nitrogens with zero attached hydrogens (tertiary/aromatic N) is 3. The molecular weight excluding hydrogens is 336 g/mol. The smallest absolute Gasteiger partial charge is 0.136 e. The second kappa shape index (κ2) is 7.37. The number of anilines is 1. The number of pyridine rings is 1. The van der Waals surface area contributed by atoms with E-state index in [9.17, 15) is 0 Å². The van der Waals surface area contributed by atoms with Crippen molar-refractivity contribution in [3.63, 3.8) is 0 Å². The molecule has 0 saturated carbocycles. The minimum Gasteiger partial charge on any atom is -0.383 e. The second-order valence-electron chi connectivity index (χ2n) is 6.95. The van der Waals surface area contributed by atoms with Gasteiger partial charge < -0.3 is 9.64 Å². The van der Waals surface area contributed by atoms with Gasteiger partial charge in [-0.25, -0.2) is 4.98 Å². The Morgan fingerprint density at radius 1 is 1.07 bits per heavy atom. The van der Waals surface area contributed by atoms with Crippen LogP contribution < -0.4 is 4.90 Å². The number of aromatic nitrogens is 3. The molecule has 0 aliphatic heterocycles. The van der Waals surface area contributed by atoms with Crippen LogP contribution in [0.4, 0.5) is 5.82 Å². The SMILES string of the molecule is COCCN(C)c1nc(C)cc2cc(Cc3[nH]nc4ccccc34)ccc12. The van der Waals surface area contributed by atoms with Crippen molar-refractivity contribution in [1.29, 1.82) is 0 Å². The van der Waals surface area contributed by atoms with Gasteiger partial charge in [0.05, 0.1) is 12.1 Å². The van der Waals surface area contributed by atoms with Crippen LogP contribution >= 0.6 is 0 Å². The van der Waals surface area contributed by atoms with Gasteiger partial charge in [-0.15, -0.1) is 0 Å². The molecule has 2 heterocycles. The summed E-state index contributed by atoms with van der Waals surface area (Å²) in [5.74, 6) is 1.00. The molecule has 0 saturated heterocycles. The van der Waals surface area contributed by atoms with Crippen molar-refractivity contribution in [2.75, 3.05) is 32.2 Å². The van der Waals surface area contributed by atoms with Gasteiger partial charge in [-0.2, -0.15) is 5.10 Å². The molecule has 0 amide bonds. The molecule has 4 rings (SSSR count). The van der Waals surface area contributed by atoms with Gasteiger partial charge in [0.2, 0.25) is 0 Å². The number of benzene rings is 2. The number of fused-ring (bicyclic) bond motifs is 2. The van der Waals surface area contributed by atoms with Crippen molar-refractivity contribution < 1.29 is 4.74 Å². The predicted octanol–water partition coefficient (Wildman–Crippen LogP) is 4.09. The first-order valence-electron chi connectivity index (χ1n) is 9.18. The molecule has 5 nitrogen and oxygen atoms in total. The van der Waals surface area contributed by atoms with E-state index in [0.717, 1.165) is 41.1 Å². The van der Waals surface area contributed by atoms with Crippen LogP contribution in [0.15, 0.2) is 48.5 Å². The number of H-pyrrole nitrogens is 1. The Morgan fingerprint density at radius 3 is 2.78 bits per heavy atom. The number of para-hydroxylation sites is 1. The van der Waals surface area contributed by atoms with Gasteiger partial charge in [0.15, 0.2) is 0 Å². The van der Waals surface area contributed by atoms with Crippen LogP contribution in [0.1, 0.15) is 17.0 Å². The lowest BCUT2D eigenvalue weighted by Gasteiger charge is -2.20. The minimum atomic E-state index is 0.679. The normalized spacial score (nSPS) is 11.4. The van der Waals surface area contributed by atoms with Crippen LogP contribution in [-0.2, 0) is 11.2 Å². The van der Waals surface area contributed by atoms with E-state index in [1.54, 1.807) is 7.11 Å². The highest BCUT2D eigenvalue weighted by molar-refractivity contribution is 5.93.